The SMILES string of the molecule is CCc1nc2cc(C(=O)NC)c(Cl)cc2n1-c1ccc(CCNC(=O)NS(=O)(=O)c2ccc(C)cc2)cc1. The first-order valence-electron chi connectivity index (χ1n) is 12.0. The number of hydrogen-bond acceptors (Lipinski definition) is 5. The van der Waals surface area contributed by atoms with Gasteiger partial charge in [0.05, 0.1) is 26.5 Å². The molecule has 3 N–H and O–H groups in total. The van der Waals surface area contributed by atoms with Gasteiger partial charge in [-0.15, -0.1) is 0 Å². The summed E-state index contributed by atoms with van der Waals surface area (Å²) in [4.78, 5) is 29.0. The minimum absolute atomic E-state index is 0.0263. The molecule has 3 amide bonds. The molecule has 0 saturated carbocycles. The molecule has 1 heterocycles. The van der Waals surface area contributed by atoms with E-state index < -0.39 is 16.1 Å². The monoisotopic (exact) mass is 553 g/mol. The van der Waals surface area contributed by atoms with Gasteiger partial charge in [-0.1, -0.05) is 48.4 Å². The van der Waals surface area contributed by atoms with Gasteiger partial charge in [0, 0.05) is 25.7 Å². The first-order chi connectivity index (χ1) is 18.1. The van der Waals surface area contributed by atoms with Crippen LogP contribution in [0.4, 0.5) is 4.79 Å². The van der Waals surface area contributed by atoms with Crippen molar-refractivity contribution in [2.45, 2.75) is 31.6 Å². The molecule has 198 valence electrons. The van der Waals surface area contributed by atoms with Crippen molar-refractivity contribution in [2.24, 2.45) is 0 Å². The third-order valence-corrected chi connectivity index (χ3v) is 7.71. The van der Waals surface area contributed by atoms with E-state index in [-0.39, 0.29) is 17.3 Å². The van der Waals surface area contributed by atoms with Crippen LogP contribution >= 0.6 is 11.6 Å². The molecule has 3 aromatic carbocycles. The van der Waals surface area contributed by atoms with Crippen molar-refractivity contribution < 1.29 is 18.0 Å². The number of nitrogens with one attached hydrogen (secondary N) is 3. The van der Waals surface area contributed by atoms with Gasteiger partial charge in [-0.25, -0.2) is 22.9 Å². The third kappa shape index (κ3) is 5.81. The number of halogens is 1. The van der Waals surface area contributed by atoms with E-state index in [2.05, 4.69) is 10.6 Å². The molecule has 0 saturated heterocycles. The van der Waals surface area contributed by atoms with Crippen molar-refractivity contribution in [3.8, 4) is 5.69 Å². The van der Waals surface area contributed by atoms with Crippen LogP contribution < -0.4 is 15.4 Å². The lowest BCUT2D eigenvalue weighted by Gasteiger charge is -2.11. The predicted octanol–water partition coefficient (Wildman–Crippen LogP) is 4.14. The Hall–Kier alpha value is -3.89. The molecule has 0 aliphatic rings. The molecule has 1 aromatic heterocycles. The number of fused-ring (bicyclic) bond motifs is 1. The predicted molar refractivity (Wildman–Crippen MR) is 147 cm³/mol. The van der Waals surface area contributed by atoms with E-state index >= 15 is 0 Å². The number of sulfonamides is 1. The average Bonchev–Trinajstić information content (AvgIpc) is 3.25. The molecule has 0 bridgehead atoms. The highest BCUT2D eigenvalue weighted by Gasteiger charge is 2.18. The number of aromatic nitrogens is 2. The summed E-state index contributed by atoms with van der Waals surface area (Å²) < 4.78 is 28.8. The minimum atomic E-state index is -3.94. The summed E-state index contributed by atoms with van der Waals surface area (Å²) in [7, 11) is -2.39. The number of aryl methyl sites for hydroxylation is 2. The molecule has 0 atom stereocenters. The zero-order valence-corrected chi connectivity index (χ0v) is 22.8. The van der Waals surface area contributed by atoms with E-state index in [0.717, 1.165) is 28.2 Å². The summed E-state index contributed by atoms with van der Waals surface area (Å²) in [5, 5.41) is 5.51. The standard InChI is InChI=1S/C27H28ClN5O4S/c1-4-25-31-23-15-21(26(34)29-3)22(28)16-24(23)33(25)19-9-7-18(8-10-19)13-14-30-27(35)32-38(36,37)20-11-5-17(2)6-12-20/h5-12,15-16H,4,13-14H2,1-3H3,(H,29,34)(H2,30,32,35). The lowest BCUT2D eigenvalue weighted by molar-refractivity contribution is 0.0963. The topological polar surface area (TPSA) is 122 Å². The molecule has 4 aromatic rings. The summed E-state index contributed by atoms with van der Waals surface area (Å²) in [6, 6.07) is 16.6. The highest BCUT2D eigenvalue weighted by molar-refractivity contribution is 7.90. The summed E-state index contributed by atoms with van der Waals surface area (Å²) in [6.07, 6.45) is 1.18. The Labute approximate surface area is 226 Å². The number of imidazole rings is 1. The van der Waals surface area contributed by atoms with Gasteiger partial charge in [0.15, 0.2) is 0 Å². The molecule has 4 rings (SSSR count). The number of amides is 3. The van der Waals surface area contributed by atoms with Crippen molar-refractivity contribution in [2.75, 3.05) is 13.6 Å². The second-order valence-corrected chi connectivity index (χ2v) is 10.8. The van der Waals surface area contributed by atoms with Crippen LogP contribution in [0.5, 0.6) is 0 Å². The Kier molecular flexibility index (Phi) is 8.03. The fourth-order valence-corrected chi connectivity index (χ4v) is 5.22. The largest absolute Gasteiger partial charge is 0.355 e. The molecule has 11 heteroatoms. The average molecular weight is 554 g/mol. The highest BCUT2D eigenvalue weighted by atomic mass is 35.5. The molecule has 0 radical (unpaired) electrons. The van der Waals surface area contributed by atoms with Crippen LogP contribution in [0.25, 0.3) is 16.7 Å². The number of hydrogen-bond donors (Lipinski definition) is 3. The van der Waals surface area contributed by atoms with Crippen LogP contribution in [0.2, 0.25) is 5.02 Å². The van der Waals surface area contributed by atoms with E-state index in [1.54, 1.807) is 31.3 Å². The molecular formula is C27H28ClN5O4S. The fourth-order valence-electron chi connectivity index (χ4n) is 4.05. The van der Waals surface area contributed by atoms with Crippen LogP contribution in [0.3, 0.4) is 0 Å². The van der Waals surface area contributed by atoms with Crippen molar-refractivity contribution in [1.82, 2.24) is 24.9 Å². The minimum Gasteiger partial charge on any atom is -0.355 e. The van der Waals surface area contributed by atoms with E-state index in [1.165, 1.54) is 12.1 Å². The fraction of sp³-hybridized carbons (Fsp3) is 0.222. The van der Waals surface area contributed by atoms with Crippen molar-refractivity contribution in [3.05, 3.63) is 88.2 Å². The molecule has 0 spiro atoms. The zero-order chi connectivity index (χ0) is 27.4. The Morgan fingerprint density at radius 3 is 2.34 bits per heavy atom. The lowest BCUT2D eigenvalue weighted by Crippen LogP contribution is -2.40. The van der Waals surface area contributed by atoms with E-state index in [1.807, 2.05) is 47.4 Å². The Balaban J connectivity index is 1.43. The van der Waals surface area contributed by atoms with Crippen LogP contribution in [-0.4, -0.2) is 43.5 Å². The number of carbonyl (C=O) groups excluding carboxylic acids is 2. The highest BCUT2D eigenvalue weighted by Crippen LogP contribution is 2.28. The quantitative estimate of drug-likeness (QED) is 0.303. The lowest BCUT2D eigenvalue weighted by atomic mass is 10.1. The smallest absolute Gasteiger partial charge is 0.328 e. The molecule has 0 aliphatic carbocycles. The van der Waals surface area contributed by atoms with Gasteiger partial charge in [-0.05, 0) is 55.3 Å². The summed E-state index contributed by atoms with van der Waals surface area (Å²) >= 11 is 6.40. The first-order valence-corrected chi connectivity index (χ1v) is 13.9. The molecule has 0 unspecified atom stereocenters. The van der Waals surface area contributed by atoms with Gasteiger partial charge in [-0.2, -0.15) is 0 Å². The maximum absolute atomic E-state index is 12.4. The number of benzene rings is 3. The number of carbonyl (C=O) groups is 2. The van der Waals surface area contributed by atoms with Crippen LogP contribution in [0.15, 0.2) is 65.6 Å². The summed E-state index contributed by atoms with van der Waals surface area (Å²) in [5.74, 6) is 0.551. The summed E-state index contributed by atoms with van der Waals surface area (Å²) in [6.45, 7) is 4.10. The van der Waals surface area contributed by atoms with E-state index in [4.69, 9.17) is 16.6 Å². The van der Waals surface area contributed by atoms with Gasteiger partial charge in [0.2, 0.25) is 0 Å². The Bertz CT molecular complexity index is 1600. The second-order valence-electron chi connectivity index (χ2n) is 8.71. The number of rotatable bonds is 8. The Morgan fingerprint density at radius 1 is 1.03 bits per heavy atom. The van der Waals surface area contributed by atoms with Crippen molar-refractivity contribution in [3.63, 3.8) is 0 Å². The van der Waals surface area contributed by atoms with Crippen molar-refractivity contribution in [1.29, 1.82) is 0 Å². The molecule has 0 aliphatic heterocycles. The van der Waals surface area contributed by atoms with Gasteiger partial charge < -0.3 is 10.6 Å². The Morgan fingerprint density at radius 2 is 1.71 bits per heavy atom. The molecule has 38 heavy (non-hydrogen) atoms. The maximum atomic E-state index is 12.4. The van der Waals surface area contributed by atoms with Gasteiger partial charge in [-0.3, -0.25) is 9.36 Å². The number of urea groups is 1. The van der Waals surface area contributed by atoms with Crippen LogP contribution in [0.1, 0.15) is 34.2 Å². The molecular weight excluding hydrogens is 526 g/mol. The van der Waals surface area contributed by atoms with Crippen LogP contribution in [-0.2, 0) is 22.9 Å². The van der Waals surface area contributed by atoms with Crippen molar-refractivity contribution >= 4 is 44.6 Å². The zero-order valence-electron chi connectivity index (χ0n) is 21.2. The first kappa shape index (κ1) is 27.2. The van der Waals surface area contributed by atoms with Gasteiger partial charge in [0.1, 0.15) is 5.82 Å². The van der Waals surface area contributed by atoms with Crippen LogP contribution in [0, 0.1) is 6.92 Å². The third-order valence-electron chi connectivity index (χ3n) is 6.05. The maximum Gasteiger partial charge on any atom is 0.328 e. The normalized spacial score (nSPS) is 11.4. The van der Waals surface area contributed by atoms with E-state index in [0.29, 0.717) is 28.9 Å². The van der Waals surface area contributed by atoms with E-state index in [9.17, 15) is 18.0 Å². The van der Waals surface area contributed by atoms with Gasteiger partial charge >= 0.3 is 6.03 Å². The second kappa shape index (κ2) is 11.2. The van der Waals surface area contributed by atoms with Gasteiger partial charge in [0.25, 0.3) is 15.9 Å². The molecule has 0 fully saturated rings. The molecule has 9 nitrogen and oxygen atoms in total. The number of nitrogens with zero attached hydrogens (tertiary/aromatic N) is 2. The summed E-state index contributed by atoms with van der Waals surface area (Å²) in [5.41, 5.74) is 4.59.